The first kappa shape index (κ1) is 13.7. The molecular formula is C13H15NO2. The van der Waals surface area contributed by atoms with Crippen LogP contribution in [0.15, 0.2) is 60.7 Å². The summed E-state index contributed by atoms with van der Waals surface area (Å²) in [5.41, 5.74) is 6.18. The van der Waals surface area contributed by atoms with E-state index in [-0.39, 0.29) is 0 Å². The Morgan fingerprint density at radius 2 is 1.19 bits per heavy atom. The van der Waals surface area contributed by atoms with Crippen molar-refractivity contribution in [3.8, 4) is 5.75 Å². The molecular weight excluding hydrogens is 202 g/mol. The number of carbonyl (C=O) groups is 1. The minimum atomic E-state index is 0.322. The maximum absolute atomic E-state index is 8.63. The fourth-order valence-electron chi connectivity index (χ4n) is 0.881. The quantitative estimate of drug-likeness (QED) is 0.666. The highest BCUT2D eigenvalue weighted by atomic mass is 16.3. The summed E-state index contributed by atoms with van der Waals surface area (Å²) in [6, 6.07) is 18.2. The molecule has 0 aliphatic carbocycles. The summed E-state index contributed by atoms with van der Waals surface area (Å²) in [6.07, 6.45) is 0. The molecule has 0 heterocycles. The summed E-state index contributed by atoms with van der Waals surface area (Å²) in [6.45, 7) is 2.00. The van der Waals surface area contributed by atoms with Gasteiger partial charge in [0.1, 0.15) is 12.5 Å². The monoisotopic (exact) mass is 217 g/mol. The van der Waals surface area contributed by atoms with Crippen LogP contribution in [0.4, 0.5) is 5.69 Å². The number of aromatic hydroxyl groups is 1. The van der Waals surface area contributed by atoms with Crippen LogP contribution in [0.1, 0.15) is 0 Å². The zero-order valence-corrected chi connectivity index (χ0v) is 8.91. The van der Waals surface area contributed by atoms with Gasteiger partial charge in [-0.1, -0.05) is 36.4 Å². The maximum Gasteiger partial charge on any atom is 0.115 e. The Hall–Kier alpha value is -2.29. The molecule has 0 saturated carbocycles. The van der Waals surface area contributed by atoms with Crippen LogP contribution in [0.25, 0.3) is 0 Å². The van der Waals surface area contributed by atoms with Crippen molar-refractivity contribution in [1.29, 1.82) is 0 Å². The first-order chi connectivity index (χ1) is 7.79. The number of hydrogen-bond acceptors (Lipinski definition) is 3. The van der Waals surface area contributed by atoms with Crippen LogP contribution < -0.4 is 5.73 Å². The highest BCUT2D eigenvalue weighted by molar-refractivity contribution is 5.35. The Labute approximate surface area is 95.2 Å². The van der Waals surface area contributed by atoms with Crippen molar-refractivity contribution < 1.29 is 9.90 Å². The standard InChI is InChI=1S/C6H7N.C6H6O.CH2O/c2*7-6-4-2-1-3-5-6;1-2/h1-5H,7H2;1-5,7H;1H2. The van der Waals surface area contributed by atoms with E-state index in [0.29, 0.717) is 5.75 Å². The van der Waals surface area contributed by atoms with Crippen LogP contribution in [0.3, 0.4) is 0 Å². The molecule has 0 amide bonds. The van der Waals surface area contributed by atoms with Crippen molar-refractivity contribution in [3.05, 3.63) is 60.7 Å². The molecule has 2 rings (SSSR count). The highest BCUT2D eigenvalue weighted by Crippen LogP contribution is 2.02. The molecule has 0 saturated heterocycles. The van der Waals surface area contributed by atoms with Gasteiger partial charge in [0.25, 0.3) is 0 Å². The molecule has 0 aliphatic heterocycles. The average Bonchev–Trinajstić information content (AvgIpc) is 2.34. The number of para-hydroxylation sites is 2. The smallest absolute Gasteiger partial charge is 0.115 e. The Morgan fingerprint density at radius 1 is 0.812 bits per heavy atom. The van der Waals surface area contributed by atoms with E-state index in [0.717, 1.165) is 5.69 Å². The minimum Gasteiger partial charge on any atom is -0.508 e. The molecule has 0 bridgehead atoms. The molecule has 2 aromatic rings. The van der Waals surface area contributed by atoms with Crippen LogP contribution in [-0.4, -0.2) is 11.9 Å². The molecule has 3 nitrogen and oxygen atoms in total. The first-order valence-electron chi connectivity index (χ1n) is 4.62. The Morgan fingerprint density at radius 3 is 1.38 bits per heavy atom. The number of carbonyl (C=O) groups excluding carboxylic acids is 1. The predicted molar refractivity (Wildman–Crippen MR) is 66.1 cm³/mol. The van der Waals surface area contributed by atoms with Crippen molar-refractivity contribution in [3.63, 3.8) is 0 Å². The van der Waals surface area contributed by atoms with Gasteiger partial charge in [0.2, 0.25) is 0 Å². The van der Waals surface area contributed by atoms with E-state index in [1.165, 1.54) is 0 Å². The summed E-state index contributed by atoms with van der Waals surface area (Å²) < 4.78 is 0. The molecule has 3 heteroatoms. The lowest BCUT2D eigenvalue weighted by atomic mass is 10.3. The zero-order chi connectivity index (χ0) is 12.2. The number of nitrogen functional groups attached to an aromatic ring is 1. The van der Waals surface area contributed by atoms with Gasteiger partial charge in [0, 0.05) is 5.69 Å². The molecule has 0 spiro atoms. The minimum absolute atomic E-state index is 0.322. The van der Waals surface area contributed by atoms with Crippen molar-refractivity contribution in [2.45, 2.75) is 0 Å². The van der Waals surface area contributed by atoms with Crippen LogP contribution in [0, 0.1) is 0 Å². The highest BCUT2D eigenvalue weighted by Gasteiger charge is 1.74. The lowest BCUT2D eigenvalue weighted by molar-refractivity contribution is -0.0979. The van der Waals surface area contributed by atoms with Gasteiger partial charge >= 0.3 is 0 Å². The number of hydrogen-bond donors (Lipinski definition) is 2. The molecule has 0 radical (unpaired) electrons. The largest absolute Gasteiger partial charge is 0.508 e. The molecule has 16 heavy (non-hydrogen) atoms. The maximum atomic E-state index is 8.63. The van der Waals surface area contributed by atoms with Crippen LogP contribution in [-0.2, 0) is 4.79 Å². The summed E-state index contributed by atoms with van der Waals surface area (Å²) >= 11 is 0. The molecule has 0 aliphatic rings. The van der Waals surface area contributed by atoms with Gasteiger partial charge in [0.05, 0.1) is 0 Å². The normalized spacial score (nSPS) is 7.75. The third-order valence-electron chi connectivity index (χ3n) is 1.56. The van der Waals surface area contributed by atoms with Crippen molar-refractivity contribution >= 4 is 12.5 Å². The Bertz CT molecular complexity index is 325. The Kier molecular flexibility index (Phi) is 7.95. The molecule has 2 aromatic carbocycles. The SMILES string of the molecule is C=O.Nc1ccccc1.Oc1ccccc1. The van der Waals surface area contributed by atoms with Gasteiger partial charge in [-0.05, 0) is 24.3 Å². The Balaban J connectivity index is 0.000000244. The molecule has 0 fully saturated rings. The van der Waals surface area contributed by atoms with Gasteiger partial charge in [-0.3, -0.25) is 0 Å². The number of anilines is 1. The summed E-state index contributed by atoms with van der Waals surface area (Å²) in [7, 11) is 0. The van der Waals surface area contributed by atoms with Crippen molar-refractivity contribution in [2.24, 2.45) is 0 Å². The number of benzene rings is 2. The van der Waals surface area contributed by atoms with Gasteiger partial charge in [-0.2, -0.15) is 0 Å². The first-order valence-corrected chi connectivity index (χ1v) is 4.62. The van der Waals surface area contributed by atoms with Gasteiger partial charge < -0.3 is 15.6 Å². The van der Waals surface area contributed by atoms with E-state index in [1.54, 1.807) is 24.3 Å². The second-order valence-electron chi connectivity index (χ2n) is 2.75. The summed E-state index contributed by atoms with van der Waals surface area (Å²) in [5, 5.41) is 8.63. The van der Waals surface area contributed by atoms with E-state index in [4.69, 9.17) is 15.6 Å². The second kappa shape index (κ2) is 9.27. The average molecular weight is 217 g/mol. The number of phenolic OH excluding ortho intramolecular Hbond substituents is 1. The van der Waals surface area contributed by atoms with E-state index in [9.17, 15) is 0 Å². The predicted octanol–water partition coefficient (Wildman–Crippen LogP) is 2.48. The van der Waals surface area contributed by atoms with Crippen molar-refractivity contribution in [1.82, 2.24) is 0 Å². The number of rotatable bonds is 0. The van der Waals surface area contributed by atoms with Gasteiger partial charge in [0.15, 0.2) is 0 Å². The van der Waals surface area contributed by atoms with E-state index in [2.05, 4.69) is 0 Å². The number of phenols is 1. The molecule has 0 unspecified atom stereocenters. The van der Waals surface area contributed by atoms with Gasteiger partial charge in [-0.25, -0.2) is 0 Å². The van der Waals surface area contributed by atoms with Crippen LogP contribution in [0.5, 0.6) is 5.75 Å². The fraction of sp³-hybridized carbons (Fsp3) is 0. The van der Waals surface area contributed by atoms with Crippen LogP contribution >= 0.6 is 0 Å². The van der Waals surface area contributed by atoms with E-state index >= 15 is 0 Å². The lowest BCUT2D eigenvalue weighted by Gasteiger charge is -1.83. The molecule has 0 aromatic heterocycles. The zero-order valence-electron chi connectivity index (χ0n) is 8.91. The van der Waals surface area contributed by atoms with Gasteiger partial charge in [-0.15, -0.1) is 0 Å². The molecule has 3 N–H and O–H groups in total. The third-order valence-corrected chi connectivity index (χ3v) is 1.56. The summed E-state index contributed by atoms with van der Waals surface area (Å²) in [5.74, 6) is 0.322. The summed E-state index contributed by atoms with van der Waals surface area (Å²) in [4.78, 5) is 8.00. The van der Waals surface area contributed by atoms with E-state index in [1.807, 2.05) is 43.2 Å². The second-order valence-corrected chi connectivity index (χ2v) is 2.75. The van der Waals surface area contributed by atoms with Crippen molar-refractivity contribution in [2.75, 3.05) is 5.73 Å². The number of nitrogens with two attached hydrogens (primary N) is 1. The molecule has 0 atom stereocenters. The third kappa shape index (κ3) is 7.15. The topological polar surface area (TPSA) is 63.3 Å². The lowest BCUT2D eigenvalue weighted by Crippen LogP contribution is -1.79. The fourth-order valence-corrected chi connectivity index (χ4v) is 0.881. The molecule has 84 valence electrons. The van der Waals surface area contributed by atoms with Crippen LogP contribution in [0.2, 0.25) is 0 Å². The van der Waals surface area contributed by atoms with E-state index < -0.39 is 0 Å².